The summed E-state index contributed by atoms with van der Waals surface area (Å²) in [6.07, 6.45) is 0.864. The molecule has 2 N–H and O–H groups in total. The summed E-state index contributed by atoms with van der Waals surface area (Å²) in [5, 5.41) is 8.95. The van der Waals surface area contributed by atoms with E-state index in [-0.39, 0.29) is 12.6 Å². The van der Waals surface area contributed by atoms with Crippen LogP contribution in [-0.2, 0) is 11.2 Å². The van der Waals surface area contributed by atoms with Gasteiger partial charge in [-0.15, -0.1) is 0 Å². The lowest BCUT2D eigenvalue weighted by Gasteiger charge is -2.31. The van der Waals surface area contributed by atoms with Crippen molar-refractivity contribution in [1.82, 2.24) is 0 Å². The summed E-state index contributed by atoms with van der Waals surface area (Å²) in [6.45, 7) is 3.03. The fourth-order valence-electron chi connectivity index (χ4n) is 2.72. The van der Waals surface area contributed by atoms with Gasteiger partial charge in [0.25, 0.3) is 0 Å². The van der Waals surface area contributed by atoms with Gasteiger partial charge in [-0.05, 0) is 24.6 Å². The van der Waals surface area contributed by atoms with E-state index in [1.165, 1.54) is 5.56 Å². The van der Waals surface area contributed by atoms with Crippen LogP contribution in [0.15, 0.2) is 12.1 Å². The number of carbonyl (C=O) groups is 1. The van der Waals surface area contributed by atoms with Gasteiger partial charge in [-0.25, -0.2) is 4.79 Å². The zero-order valence-corrected chi connectivity index (χ0v) is 11.5. The molecule has 19 heavy (non-hydrogen) atoms. The molecule has 1 aromatic carbocycles. The molecule has 1 aromatic rings. The highest BCUT2D eigenvalue weighted by Crippen LogP contribution is 2.33. The predicted molar refractivity (Wildman–Crippen MR) is 70.0 cm³/mol. The van der Waals surface area contributed by atoms with Crippen molar-refractivity contribution >= 4 is 5.97 Å². The van der Waals surface area contributed by atoms with Gasteiger partial charge in [-0.3, -0.25) is 0 Å². The van der Waals surface area contributed by atoms with Crippen molar-refractivity contribution < 1.29 is 24.3 Å². The third-order valence-corrected chi connectivity index (χ3v) is 3.82. The number of methoxy groups -OCH3 is 2. The molecule has 5 nitrogen and oxygen atoms in total. The number of nitrogens with one attached hydrogen (secondary N) is 1. The molecule has 1 aliphatic rings. The fourth-order valence-corrected chi connectivity index (χ4v) is 2.72. The first kappa shape index (κ1) is 13.7. The minimum Gasteiger partial charge on any atom is -0.493 e. The smallest absolute Gasteiger partial charge is 0.359 e. The van der Waals surface area contributed by atoms with Gasteiger partial charge in [0, 0.05) is 12.0 Å². The molecule has 0 bridgehead atoms. The Labute approximate surface area is 112 Å². The number of fused-ring (bicyclic) bond motifs is 1. The third-order valence-electron chi connectivity index (χ3n) is 3.82. The summed E-state index contributed by atoms with van der Waals surface area (Å²) >= 11 is 0. The first-order valence-corrected chi connectivity index (χ1v) is 6.38. The summed E-state index contributed by atoms with van der Waals surface area (Å²) in [4.78, 5) is 12.0. The van der Waals surface area contributed by atoms with Crippen molar-refractivity contribution in [3.8, 4) is 11.5 Å². The van der Waals surface area contributed by atoms with Crippen LogP contribution in [0.25, 0.3) is 0 Å². The molecular formula is C14H20NO4+. The lowest BCUT2D eigenvalue weighted by Crippen LogP contribution is -3.13. The molecule has 2 unspecified atom stereocenters. The van der Waals surface area contributed by atoms with Gasteiger partial charge < -0.3 is 19.5 Å². The SMILES string of the molecule is COc1cc2c(cc1OC)C(C)[NH+](CC(=O)O)CC2. The second kappa shape index (κ2) is 5.48. The van der Waals surface area contributed by atoms with Crippen molar-refractivity contribution in [1.29, 1.82) is 0 Å². The van der Waals surface area contributed by atoms with E-state index in [0.717, 1.165) is 29.2 Å². The molecular weight excluding hydrogens is 246 g/mol. The topological polar surface area (TPSA) is 60.2 Å². The van der Waals surface area contributed by atoms with Gasteiger partial charge in [-0.1, -0.05) is 0 Å². The summed E-state index contributed by atoms with van der Waals surface area (Å²) in [7, 11) is 3.23. The maximum atomic E-state index is 10.9. The van der Waals surface area contributed by atoms with Gasteiger partial charge in [0.15, 0.2) is 18.0 Å². The second-order valence-electron chi connectivity index (χ2n) is 4.86. The molecule has 0 fully saturated rings. The molecule has 0 amide bonds. The first-order valence-electron chi connectivity index (χ1n) is 6.38. The van der Waals surface area contributed by atoms with Crippen molar-refractivity contribution in [3.63, 3.8) is 0 Å². The number of benzene rings is 1. The van der Waals surface area contributed by atoms with Crippen LogP contribution in [0.1, 0.15) is 24.1 Å². The molecule has 0 saturated heterocycles. The van der Waals surface area contributed by atoms with Crippen molar-refractivity contribution in [2.75, 3.05) is 27.3 Å². The number of carboxylic acids is 1. The maximum absolute atomic E-state index is 10.9. The Morgan fingerprint density at radius 3 is 2.58 bits per heavy atom. The zero-order chi connectivity index (χ0) is 14.0. The quantitative estimate of drug-likeness (QED) is 0.822. The second-order valence-corrected chi connectivity index (χ2v) is 4.86. The number of hydrogen-bond donors (Lipinski definition) is 2. The molecule has 0 radical (unpaired) electrons. The number of ether oxygens (including phenoxy) is 2. The van der Waals surface area contributed by atoms with Gasteiger partial charge in [0.1, 0.15) is 6.04 Å². The fraction of sp³-hybridized carbons (Fsp3) is 0.500. The van der Waals surface area contributed by atoms with Gasteiger partial charge in [0.2, 0.25) is 0 Å². The Morgan fingerprint density at radius 1 is 1.37 bits per heavy atom. The number of hydrogen-bond acceptors (Lipinski definition) is 3. The molecule has 1 heterocycles. The minimum absolute atomic E-state index is 0.148. The normalized spacial score (nSPS) is 21.6. The largest absolute Gasteiger partial charge is 0.493 e. The standard InChI is InChI=1S/C14H19NO4/c1-9-11-7-13(19-3)12(18-2)6-10(11)4-5-15(9)8-14(16)17/h6-7,9H,4-5,8H2,1-3H3,(H,16,17)/p+1. The number of quaternary nitrogens is 1. The summed E-state index contributed by atoms with van der Waals surface area (Å²) in [6, 6.07) is 4.13. The average molecular weight is 266 g/mol. The summed E-state index contributed by atoms with van der Waals surface area (Å²) < 4.78 is 10.6. The Balaban J connectivity index is 2.34. The van der Waals surface area contributed by atoms with E-state index >= 15 is 0 Å². The van der Waals surface area contributed by atoms with Crippen molar-refractivity contribution in [3.05, 3.63) is 23.3 Å². The monoisotopic (exact) mass is 266 g/mol. The summed E-state index contributed by atoms with van der Waals surface area (Å²) in [5.41, 5.74) is 2.37. The highest BCUT2D eigenvalue weighted by atomic mass is 16.5. The molecule has 1 aliphatic heterocycles. The van der Waals surface area contributed by atoms with E-state index in [1.54, 1.807) is 14.2 Å². The van der Waals surface area contributed by atoms with Crippen LogP contribution in [0.5, 0.6) is 11.5 Å². The highest BCUT2D eigenvalue weighted by Gasteiger charge is 2.30. The number of rotatable bonds is 4. The van der Waals surface area contributed by atoms with Gasteiger partial charge in [0.05, 0.1) is 20.8 Å². The lowest BCUT2D eigenvalue weighted by atomic mass is 9.93. The van der Waals surface area contributed by atoms with E-state index < -0.39 is 5.97 Å². The molecule has 0 aliphatic carbocycles. The minimum atomic E-state index is -0.759. The van der Waals surface area contributed by atoms with Crippen LogP contribution in [0.4, 0.5) is 0 Å². The van der Waals surface area contributed by atoms with Crippen LogP contribution >= 0.6 is 0 Å². The number of carboxylic acid groups (broad SMARTS) is 1. The van der Waals surface area contributed by atoms with E-state index in [4.69, 9.17) is 14.6 Å². The Bertz CT molecular complexity index is 487. The molecule has 0 aromatic heterocycles. The average Bonchev–Trinajstić information content (AvgIpc) is 2.40. The van der Waals surface area contributed by atoms with Crippen molar-refractivity contribution in [2.45, 2.75) is 19.4 Å². The highest BCUT2D eigenvalue weighted by molar-refractivity contribution is 5.67. The Kier molecular flexibility index (Phi) is 3.95. The molecule has 0 saturated carbocycles. The molecule has 2 atom stereocenters. The molecule has 0 spiro atoms. The Morgan fingerprint density at radius 2 is 2.00 bits per heavy atom. The van der Waals surface area contributed by atoms with Crippen LogP contribution in [-0.4, -0.2) is 38.4 Å². The number of aliphatic carboxylic acids is 1. The lowest BCUT2D eigenvalue weighted by molar-refractivity contribution is -0.924. The summed E-state index contributed by atoms with van der Waals surface area (Å²) in [5.74, 6) is 0.672. The third kappa shape index (κ3) is 2.66. The van der Waals surface area contributed by atoms with E-state index in [9.17, 15) is 4.79 Å². The molecule has 2 rings (SSSR count). The Hall–Kier alpha value is -1.75. The van der Waals surface area contributed by atoms with Gasteiger partial charge >= 0.3 is 5.97 Å². The van der Waals surface area contributed by atoms with Crippen molar-refractivity contribution in [2.24, 2.45) is 0 Å². The zero-order valence-electron chi connectivity index (χ0n) is 11.5. The van der Waals surface area contributed by atoms with E-state index in [1.807, 2.05) is 12.1 Å². The van der Waals surface area contributed by atoms with Crippen LogP contribution in [0.2, 0.25) is 0 Å². The maximum Gasteiger partial charge on any atom is 0.359 e. The van der Waals surface area contributed by atoms with Crippen LogP contribution in [0, 0.1) is 0 Å². The first-order chi connectivity index (χ1) is 9.06. The molecule has 5 heteroatoms. The van der Waals surface area contributed by atoms with Gasteiger partial charge in [-0.2, -0.15) is 0 Å². The van der Waals surface area contributed by atoms with E-state index in [2.05, 4.69) is 6.92 Å². The molecule has 104 valence electrons. The predicted octanol–water partition coefficient (Wildman–Crippen LogP) is 0.290. The van der Waals surface area contributed by atoms with E-state index in [0.29, 0.717) is 5.75 Å². The van der Waals surface area contributed by atoms with Crippen LogP contribution < -0.4 is 14.4 Å². The van der Waals surface area contributed by atoms with Crippen LogP contribution in [0.3, 0.4) is 0 Å².